The van der Waals surface area contributed by atoms with E-state index in [1.165, 1.54) is 38.1 Å². The number of likely N-dealkylation sites (tertiary alicyclic amines) is 1. The van der Waals surface area contributed by atoms with E-state index in [0.29, 0.717) is 18.9 Å². The Morgan fingerprint density at radius 1 is 1.24 bits per heavy atom. The standard InChI is InChI=1S/C19H28FN3O2/c20-15-7-8-18-16(14-15)17(6-5-13-25-18)22-19(24)21-9-1-2-10-23-11-3-4-12-23/h7-8,14,17H,1-6,9-13H2,(H2,21,22,24)/t17-/m1/s1. The summed E-state index contributed by atoms with van der Waals surface area (Å²) < 4.78 is 19.2. The smallest absolute Gasteiger partial charge is 0.315 e. The van der Waals surface area contributed by atoms with Crippen molar-refractivity contribution in [3.8, 4) is 5.75 Å². The summed E-state index contributed by atoms with van der Waals surface area (Å²) in [6.45, 7) is 4.81. The molecule has 2 heterocycles. The van der Waals surface area contributed by atoms with E-state index in [-0.39, 0.29) is 17.9 Å². The van der Waals surface area contributed by atoms with E-state index in [1.807, 2.05) is 0 Å². The Hall–Kier alpha value is -1.82. The molecule has 0 aliphatic carbocycles. The Morgan fingerprint density at radius 3 is 2.92 bits per heavy atom. The van der Waals surface area contributed by atoms with Crippen LogP contribution in [0.25, 0.3) is 0 Å². The monoisotopic (exact) mass is 349 g/mol. The number of unbranched alkanes of at least 4 members (excludes halogenated alkanes) is 1. The van der Waals surface area contributed by atoms with E-state index in [9.17, 15) is 9.18 Å². The van der Waals surface area contributed by atoms with Crippen LogP contribution in [-0.4, -0.2) is 43.7 Å². The van der Waals surface area contributed by atoms with Crippen molar-refractivity contribution in [2.75, 3.05) is 32.8 Å². The fraction of sp³-hybridized carbons (Fsp3) is 0.632. The third kappa shape index (κ3) is 5.33. The minimum Gasteiger partial charge on any atom is -0.493 e. The molecule has 138 valence electrons. The number of amides is 2. The summed E-state index contributed by atoms with van der Waals surface area (Å²) in [5.41, 5.74) is 0.724. The number of urea groups is 1. The van der Waals surface area contributed by atoms with Gasteiger partial charge in [-0.3, -0.25) is 0 Å². The fourth-order valence-electron chi connectivity index (χ4n) is 3.58. The van der Waals surface area contributed by atoms with Crippen LogP contribution in [0.1, 0.15) is 50.1 Å². The molecule has 0 radical (unpaired) electrons. The Balaban J connectivity index is 1.42. The molecule has 1 saturated heterocycles. The number of carbonyl (C=O) groups excluding carboxylic acids is 1. The molecule has 0 unspecified atom stereocenters. The molecule has 2 aliphatic rings. The normalized spacial score (nSPS) is 20.4. The van der Waals surface area contributed by atoms with Gasteiger partial charge in [0, 0.05) is 12.1 Å². The molecule has 1 fully saturated rings. The zero-order chi connectivity index (χ0) is 17.5. The second-order valence-corrected chi connectivity index (χ2v) is 6.88. The van der Waals surface area contributed by atoms with E-state index in [1.54, 1.807) is 6.07 Å². The van der Waals surface area contributed by atoms with Crippen LogP contribution in [0.2, 0.25) is 0 Å². The van der Waals surface area contributed by atoms with Crippen molar-refractivity contribution >= 4 is 6.03 Å². The number of carbonyl (C=O) groups is 1. The van der Waals surface area contributed by atoms with Crippen LogP contribution in [0.15, 0.2) is 18.2 Å². The summed E-state index contributed by atoms with van der Waals surface area (Å²) in [7, 11) is 0. The van der Waals surface area contributed by atoms with E-state index in [4.69, 9.17) is 4.74 Å². The predicted octanol–water partition coefficient (Wildman–Crippen LogP) is 3.21. The molecule has 2 amide bonds. The summed E-state index contributed by atoms with van der Waals surface area (Å²) in [4.78, 5) is 14.7. The third-order valence-electron chi connectivity index (χ3n) is 4.93. The minimum absolute atomic E-state index is 0.191. The van der Waals surface area contributed by atoms with Gasteiger partial charge in [-0.1, -0.05) is 0 Å². The second-order valence-electron chi connectivity index (χ2n) is 6.88. The third-order valence-corrected chi connectivity index (χ3v) is 4.93. The Morgan fingerprint density at radius 2 is 2.08 bits per heavy atom. The summed E-state index contributed by atoms with van der Waals surface area (Å²) in [5.74, 6) is 0.355. The highest BCUT2D eigenvalue weighted by atomic mass is 19.1. The first-order valence-corrected chi connectivity index (χ1v) is 9.41. The molecule has 0 saturated carbocycles. The van der Waals surface area contributed by atoms with E-state index < -0.39 is 0 Å². The lowest BCUT2D eigenvalue weighted by Crippen LogP contribution is -2.38. The van der Waals surface area contributed by atoms with Crippen molar-refractivity contribution in [3.05, 3.63) is 29.6 Å². The van der Waals surface area contributed by atoms with E-state index in [0.717, 1.165) is 37.8 Å². The molecule has 0 spiro atoms. The highest BCUT2D eigenvalue weighted by Crippen LogP contribution is 2.31. The summed E-state index contributed by atoms with van der Waals surface area (Å²) in [6, 6.07) is 4.09. The molecule has 2 aliphatic heterocycles. The van der Waals surface area contributed by atoms with Gasteiger partial charge in [-0.2, -0.15) is 0 Å². The van der Waals surface area contributed by atoms with Crippen molar-refractivity contribution in [1.82, 2.24) is 15.5 Å². The number of halogens is 1. The average Bonchev–Trinajstić information content (AvgIpc) is 3.04. The summed E-state index contributed by atoms with van der Waals surface area (Å²) in [6.07, 6.45) is 6.28. The van der Waals surface area contributed by atoms with Gasteiger partial charge in [-0.15, -0.1) is 0 Å². The van der Waals surface area contributed by atoms with Crippen LogP contribution in [0.4, 0.5) is 9.18 Å². The van der Waals surface area contributed by atoms with Gasteiger partial charge in [0.15, 0.2) is 0 Å². The van der Waals surface area contributed by atoms with E-state index in [2.05, 4.69) is 15.5 Å². The number of fused-ring (bicyclic) bond motifs is 1. The first-order valence-electron chi connectivity index (χ1n) is 9.41. The molecule has 1 atom stereocenters. The molecule has 1 aromatic carbocycles. The molecule has 2 N–H and O–H groups in total. The number of hydrogen-bond donors (Lipinski definition) is 2. The zero-order valence-electron chi connectivity index (χ0n) is 14.7. The Kier molecular flexibility index (Phi) is 6.50. The maximum Gasteiger partial charge on any atom is 0.315 e. The summed E-state index contributed by atoms with van der Waals surface area (Å²) >= 11 is 0. The van der Waals surface area contributed by atoms with Gasteiger partial charge < -0.3 is 20.3 Å². The summed E-state index contributed by atoms with van der Waals surface area (Å²) in [5, 5.41) is 5.89. The lowest BCUT2D eigenvalue weighted by atomic mass is 10.0. The van der Waals surface area contributed by atoms with Gasteiger partial charge in [0.1, 0.15) is 11.6 Å². The number of rotatable bonds is 6. The number of nitrogens with one attached hydrogen (secondary N) is 2. The van der Waals surface area contributed by atoms with E-state index >= 15 is 0 Å². The molecule has 25 heavy (non-hydrogen) atoms. The van der Waals surface area contributed by atoms with Gasteiger partial charge in [0.05, 0.1) is 12.6 Å². The number of hydrogen-bond acceptors (Lipinski definition) is 3. The molecule has 3 rings (SSSR count). The molecular weight excluding hydrogens is 321 g/mol. The average molecular weight is 349 g/mol. The molecular formula is C19H28FN3O2. The molecule has 0 bridgehead atoms. The van der Waals surface area contributed by atoms with Crippen LogP contribution >= 0.6 is 0 Å². The van der Waals surface area contributed by atoms with Gasteiger partial charge in [-0.25, -0.2) is 9.18 Å². The lowest BCUT2D eigenvalue weighted by molar-refractivity contribution is 0.235. The van der Waals surface area contributed by atoms with Gasteiger partial charge in [-0.05, 0) is 76.4 Å². The largest absolute Gasteiger partial charge is 0.493 e. The first-order chi connectivity index (χ1) is 12.2. The van der Waals surface area contributed by atoms with Gasteiger partial charge in [0.2, 0.25) is 0 Å². The second kappa shape index (κ2) is 9.04. The van der Waals surface area contributed by atoms with Crippen molar-refractivity contribution in [2.24, 2.45) is 0 Å². The number of benzene rings is 1. The molecule has 5 nitrogen and oxygen atoms in total. The number of nitrogens with zero attached hydrogens (tertiary/aromatic N) is 1. The van der Waals surface area contributed by atoms with Crippen LogP contribution < -0.4 is 15.4 Å². The van der Waals surface area contributed by atoms with Crippen LogP contribution in [0, 0.1) is 5.82 Å². The predicted molar refractivity (Wildman–Crippen MR) is 95.3 cm³/mol. The van der Waals surface area contributed by atoms with Crippen LogP contribution in [0.5, 0.6) is 5.75 Å². The van der Waals surface area contributed by atoms with Crippen molar-refractivity contribution in [2.45, 2.75) is 44.6 Å². The highest BCUT2D eigenvalue weighted by Gasteiger charge is 2.22. The number of ether oxygens (including phenoxy) is 1. The fourth-order valence-corrected chi connectivity index (χ4v) is 3.58. The zero-order valence-corrected chi connectivity index (χ0v) is 14.7. The Labute approximate surface area is 148 Å². The van der Waals surface area contributed by atoms with Gasteiger partial charge in [0.25, 0.3) is 0 Å². The van der Waals surface area contributed by atoms with Crippen LogP contribution in [0.3, 0.4) is 0 Å². The lowest BCUT2D eigenvalue weighted by Gasteiger charge is -2.19. The SMILES string of the molecule is O=C(NCCCCN1CCCC1)N[C@@H]1CCCOc2ccc(F)cc21. The van der Waals surface area contributed by atoms with Crippen LogP contribution in [-0.2, 0) is 0 Å². The van der Waals surface area contributed by atoms with Crippen molar-refractivity contribution in [3.63, 3.8) is 0 Å². The Bertz CT molecular complexity index is 576. The topological polar surface area (TPSA) is 53.6 Å². The highest BCUT2D eigenvalue weighted by molar-refractivity contribution is 5.74. The van der Waals surface area contributed by atoms with Crippen molar-refractivity contribution < 1.29 is 13.9 Å². The van der Waals surface area contributed by atoms with Gasteiger partial charge >= 0.3 is 6.03 Å². The maximum atomic E-state index is 13.6. The van der Waals surface area contributed by atoms with Crippen molar-refractivity contribution in [1.29, 1.82) is 0 Å². The molecule has 0 aromatic heterocycles. The molecule has 1 aromatic rings. The minimum atomic E-state index is -0.307. The maximum absolute atomic E-state index is 13.6. The molecule has 6 heteroatoms. The first kappa shape index (κ1) is 18.0. The quantitative estimate of drug-likeness (QED) is 0.776.